The van der Waals surface area contributed by atoms with Crippen LogP contribution in [-0.4, -0.2) is 0 Å². The third-order valence-electron chi connectivity index (χ3n) is 6.80. The van der Waals surface area contributed by atoms with Crippen molar-refractivity contribution in [2.75, 3.05) is 11.5 Å². The molecule has 0 aliphatic heterocycles. The Kier molecular flexibility index (Phi) is 4.66. The Morgan fingerprint density at radius 3 is 1.86 bits per heavy atom. The van der Waals surface area contributed by atoms with Gasteiger partial charge in [0.2, 0.25) is 0 Å². The Balaban J connectivity index is 1.76. The van der Waals surface area contributed by atoms with Gasteiger partial charge in [-0.3, -0.25) is 0 Å². The summed E-state index contributed by atoms with van der Waals surface area (Å²) < 4.78 is -0.273. The standard InChI is InChI=1S/C25H24I2N2/c1-15-14-20(24(26)12-10-16-6-2-4-8-18(16)24)23(29)21(22(15)28)25(27)13-11-17-7-3-5-9-19(17)25/h2-9,14H,10-13,28-29H2,1H3. The van der Waals surface area contributed by atoms with Gasteiger partial charge in [0, 0.05) is 16.9 Å². The number of alkyl halides is 2. The highest BCUT2D eigenvalue weighted by Crippen LogP contribution is 2.58. The molecule has 0 heterocycles. The second kappa shape index (κ2) is 6.87. The number of hydrogen-bond donors (Lipinski definition) is 2. The molecule has 2 aliphatic rings. The molecule has 0 spiro atoms. The maximum absolute atomic E-state index is 7.01. The van der Waals surface area contributed by atoms with E-state index in [0.29, 0.717) is 0 Å². The predicted octanol–water partition coefficient (Wildman–Crippen LogP) is 6.41. The average molecular weight is 606 g/mol. The quantitative estimate of drug-likeness (QED) is 0.202. The van der Waals surface area contributed by atoms with Crippen molar-refractivity contribution >= 4 is 56.6 Å². The largest absolute Gasteiger partial charge is 0.398 e. The first-order valence-corrected chi connectivity index (χ1v) is 12.3. The predicted molar refractivity (Wildman–Crippen MR) is 139 cm³/mol. The van der Waals surface area contributed by atoms with Crippen molar-refractivity contribution in [1.29, 1.82) is 0 Å². The van der Waals surface area contributed by atoms with Crippen molar-refractivity contribution in [3.8, 4) is 0 Å². The highest BCUT2D eigenvalue weighted by Gasteiger charge is 2.45. The smallest absolute Gasteiger partial charge is 0.0765 e. The molecular weight excluding hydrogens is 582 g/mol. The maximum Gasteiger partial charge on any atom is 0.0765 e. The van der Waals surface area contributed by atoms with Crippen molar-refractivity contribution < 1.29 is 0 Å². The molecule has 148 valence electrons. The molecule has 0 radical (unpaired) electrons. The number of rotatable bonds is 2. The van der Waals surface area contributed by atoms with Crippen LogP contribution in [0.5, 0.6) is 0 Å². The second-order valence-electron chi connectivity index (χ2n) is 8.36. The minimum absolute atomic E-state index is 0.100. The number of fused-ring (bicyclic) bond motifs is 2. The summed E-state index contributed by atoms with van der Waals surface area (Å²) in [6, 6.07) is 19.8. The molecule has 0 fully saturated rings. The molecule has 0 saturated carbocycles. The Bertz CT molecular complexity index is 1140. The summed E-state index contributed by atoms with van der Waals surface area (Å²) in [7, 11) is 0. The van der Waals surface area contributed by atoms with E-state index in [1.54, 1.807) is 0 Å². The van der Waals surface area contributed by atoms with Crippen molar-refractivity contribution in [2.45, 2.75) is 39.5 Å². The zero-order valence-electron chi connectivity index (χ0n) is 16.4. The van der Waals surface area contributed by atoms with Gasteiger partial charge in [0.25, 0.3) is 0 Å². The van der Waals surface area contributed by atoms with Gasteiger partial charge in [0.15, 0.2) is 0 Å². The molecule has 2 nitrogen and oxygen atoms in total. The summed E-state index contributed by atoms with van der Waals surface area (Å²) in [6.07, 6.45) is 4.27. The van der Waals surface area contributed by atoms with Gasteiger partial charge in [-0.2, -0.15) is 0 Å². The summed E-state index contributed by atoms with van der Waals surface area (Å²) in [6.45, 7) is 2.13. The SMILES string of the molecule is Cc1cc(C2(I)CCc3ccccc32)c(N)c(C2(I)CCc3ccccc32)c1N. The fraction of sp³-hybridized carbons (Fsp3) is 0.280. The van der Waals surface area contributed by atoms with Gasteiger partial charge in [0.05, 0.1) is 6.84 Å². The lowest BCUT2D eigenvalue weighted by atomic mass is 9.82. The molecule has 5 rings (SSSR count). The van der Waals surface area contributed by atoms with E-state index in [9.17, 15) is 0 Å². The van der Waals surface area contributed by atoms with Crippen LogP contribution in [0.4, 0.5) is 11.4 Å². The number of nitrogen functional groups attached to an aromatic ring is 2. The van der Waals surface area contributed by atoms with Gasteiger partial charge in [-0.1, -0.05) is 99.8 Å². The first kappa shape index (κ1) is 19.7. The first-order valence-electron chi connectivity index (χ1n) is 10.1. The molecule has 2 atom stereocenters. The van der Waals surface area contributed by atoms with Gasteiger partial charge in [-0.05, 0) is 66.0 Å². The van der Waals surface area contributed by atoms with E-state index in [-0.39, 0.29) is 6.84 Å². The van der Waals surface area contributed by atoms with Crippen molar-refractivity contribution in [3.63, 3.8) is 0 Å². The van der Waals surface area contributed by atoms with Gasteiger partial charge in [-0.15, -0.1) is 0 Å². The van der Waals surface area contributed by atoms with E-state index in [1.807, 2.05) is 0 Å². The minimum atomic E-state index is -0.172. The van der Waals surface area contributed by atoms with Crippen LogP contribution in [0.15, 0.2) is 54.6 Å². The van der Waals surface area contributed by atoms with E-state index < -0.39 is 0 Å². The molecule has 2 aliphatic carbocycles. The number of benzene rings is 3. The van der Waals surface area contributed by atoms with Gasteiger partial charge in [-0.25, -0.2) is 0 Å². The number of halogens is 2. The number of anilines is 2. The first-order chi connectivity index (χ1) is 13.9. The molecule has 4 heteroatoms. The van der Waals surface area contributed by atoms with E-state index >= 15 is 0 Å². The maximum atomic E-state index is 7.01. The monoisotopic (exact) mass is 606 g/mol. The number of aryl methyl sites for hydroxylation is 3. The Morgan fingerprint density at radius 1 is 0.724 bits per heavy atom. The third kappa shape index (κ3) is 2.77. The summed E-state index contributed by atoms with van der Waals surface area (Å²) in [5.41, 5.74) is 24.6. The molecule has 0 aromatic heterocycles. The topological polar surface area (TPSA) is 52.0 Å². The minimum Gasteiger partial charge on any atom is -0.398 e. The van der Waals surface area contributed by atoms with Gasteiger partial charge >= 0.3 is 0 Å². The molecule has 2 unspecified atom stereocenters. The fourth-order valence-electron chi connectivity index (χ4n) is 5.28. The Hall–Kier alpha value is -1.28. The van der Waals surface area contributed by atoms with Crippen LogP contribution in [0.1, 0.15) is 51.8 Å². The lowest BCUT2D eigenvalue weighted by molar-refractivity contribution is 0.740. The van der Waals surface area contributed by atoms with Crippen LogP contribution in [0, 0.1) is 6.92 Å². The summed E-state index contributed by atoms with van der Waals surface area (Å²) in [5, 5.41) is 0. The molecule has 0 amide bonds. The molecular formula is C25H24I2N2. The second-order valence-corrected chi connectivity index (χ2v) is 12.0. The van der Waals surface area contributed by atoms with Crippen molar-refractivity contribution in [1.82, 2.24) is 0 Å². The molecule has 0 saturated heterocycles. The van der Waals surface area contributed by atoms with Crippen LogP contribution in [0.2, 0.25) is 0 Å². The molecule has 3 aromatic carbocycles. The molecule has 4 N–H and O–H groups in total. The fourth-order valence-corrected chi connectivity index (χ4v) is 7.90. The van der Waals surface area contributed by atoms with E-state index in [1.165, 1.54) is 27.8 Å². The van der Waals surface area contributed by atoms with Crippen LogP contribution in [0.25, 0.3) is 0 Å². The van der Waals surface area contributed by atoms with Crippen molar-refractivity contribution in [2.24, 2.45) is 0 Å². The van der Waals surface area contributed by atoms with E-state index in [2.05, 4.69) is 107 Å². The highest BCUT2D eigenvalue weighted by atomic mass is 127. The Labute approximate surface area is 199 Å². The highest BCUT2D eigenvalue weighted by molar-refractivity contribution is 14.1. The normalized spacial score (nSPS) is 25.1. The number of nitrogens with two attached hydrogens (primary N) is 2. The van der Waals surface area contributed by atoms with E-state index in [0.717, 1.165) is 48.2 Å². The number of hydrogen-bond acceptors (Lipinski definition) is 2. The Morgan fingerprint density at radius 2 is 1.24 bits per heavy atom. The third-order valence-corrected chi connectivity index (χ3v) is 10.2. The van der Waals surface area contributed by atoms with Gasteiger partial charge < -0.3 is 11.5 Å². The van der Waals surface area contributed by atoms with Crippen LogP contribution in [0.3, 0.4) is 0 Å². The zero-order chi connectivity index (χ0) is 20.4. The van der Waals surface area contributed by atoms with Crippen LogP contribution in [-0.2, 0) is 19.7 Å². The average Bonchev–Trinajstić information content (AvgIpc) is 3.25. The van der Waals surface area contributed by atoms with E-state index in [4.69, 9.17) is 11.5 Å². The summed E-state index contributed by atoms with van der Waals surface area (Å²) >= 11 is 5.25. The van der Waals surface area contributed by atoms with Crippen LogP contribution < -0.4 is 11.5 Å². The summed E-state index contributed by atoms with van der Waals surface area (Å²) in [4.78, 5) is 0. The molecule has 3 aromatic rings. The van der Waals surface area contributed by atoms with Crippen LogP contribution >= 0.6 is 45.2 Å². The summed E-state index contributed by atoms with van der Waals surface area (Å²) in [5.74, 6) is 0. The lowest BCUT2D eigenvalue weighted by Crippen LogP contribution is -2.25. The molecule has 0 bridgehead atoms. The molecule has 29 heavy (non-hydrogen) atoms. The van der Waals surface area contributed by atoms with Crippen molar-refractivity contribution in [3.05, 3.63) is 93.5 Å². The van der Waals surface area contributed by atoms with Gasteiger partial charge in [0.1, 0.15) is 0 Å². The zero-order valence-corrected chi connectivity index (χ0v) is 20.8. The lowest BCUT2D eigenvalue weighted by Gasteiger charge is -2.33.